The van der Waals surface area contributed by atoms with Crippen LogP contribution in [0, 0.1) is 0 Å². The van der Waals surface area contributed by atoms with Gasteiger partial charge in [0.2, 0.25) is 17.4 Å². The molecule has 1 atom stereocenters. The summed E-state index contributed by atoms with van der Waals surface area (Å²) >= 11 is 0. The summed E-state index contributed by atoms with van der Waals surface area (Å²) in [5.74, 6) is -2.92. The van der Waals surface area contributed by atoms with E-state index in [0.29, 0.717) is 5.69 Å². The van der Waals surface area contributed by atoms with Crippen molar-refractivity contribution in [2.45, 2.75) is 71.6 Å². The first-order valence-electron chi connectivity index (χ1n) is 14.4. The highest BCUT2D eigenvalue weighted by atomic mass is 16.6. The molecule has 44 heavy (non-hydrogen) atoms. The first-order valence-corrected chi connectivity index (χ1v) is 14.4. The van der Waals surface area contributed by atoms with E-state index in [2.05, 4.69) is 10.4 Å². The van der Waals surface area contributed by atoms with Crippen molar-refractivity contribution in [1.82, 2.24) is 24.9 Å². The predicted octanol–water partition coefficient (Wildman–Crippen LogP) is 2.64. The van der Waals surface area contributed by atoms with E-state index >= 15 is 0 Å². The smallest absolute Gasteiger partial charge is 0.409 e. The van der Waals surface area contributed by atoms with Gasteiger partial charge in [-0.25, -0.2) is 14.3 Å². The largest absolute Gasteiger partial charge is 0.478 e. The van der Waals surface area contributed by atoms with E-state index in [1.807, 2.05) is 0 Å². The molecular formula is C30H41N5O9. The molecule has 3 rings (SSSR count). The van der Waals surface area contributed by atoms with Gasteiger partial charge in [-0.15, -0.1) is 0 Å². The van der Waals surface area contributed by atoms with E-state index in [0.717, 1.165) is 0 Å². The van der Waals surface area contributed by atoms with Crippen molar-refractivity contribution >= 4 is 29.8 Å². The number of nitrogens with zero attached hydrogens (tertiary/aromatic N) is 4. The fraction of sp³-hybridized carbons (Fsp3) is 0.533. The van der Waals surface area contributed by atoms with E-state index in [1.165, 1.54) is 34.4 Å². The Bertz CT molecular complexity index is 1340. The summed E-state index contributed by atoms with van der Waals surface area (Å²) in [5.41, 5.74) is -1.99. The van der Waals surface area contributed by atoms with Crippen LogP contribution in [0.25, 0.3) is 5.69 Å². The van der Waals surface area contributed by atoms with E-state index in [1.54, 1.807) is 58.0 Å². The minimum absolute atomic E-state index is 0.000434. The zero-order valence-electron chi connectivity index (χ0n) is 26.0. The van der Waals surface area contributed by atoms with Gasteiger partial charge in [0.1, 0.15) is 11.6 Å². The average molecular weight is 616 g/mol. The lowest BCUT2D eigenvalue weighted by Crippen LogP contribution is -2.56. The highest BCUT2D eigenvalue weighted by Gasteiger charge is 2.34. The summed E-state index contributed by atoms with van der Waals surface area (Å²) in [7, 11) is 0. The third-order valence-electron chi connectivity index (χ3n) is 6.56. The third kappa shape index (κ3) is 9.19. The molecule has 2 heterocycles. The number of carboxylic acids is 1. The molecule has 0 unspecified atom stereocenters. The number of hydrogen-bond acceptors (Lipinski definition) is 9. The number of piperazine rings is 1. The molecule has 1 aromatic carbocycles. The van der Waals surface area contributed by atoms with Gasteiger partial charge in [0.05, 0.1) is 12.3 Å². The van der Waals surface area contributed by atoms with E-state index < -0.39 is 47.1 Å². The maximum Gasteiger partial charge on any atom is 0.409 e. The highest BCUT2D eigenvalue weighted by Crippen LogP contribution is 2.24. The second-order valence-corrected chi connectivity index (χ2v) is 11.7. The number of carboxylic acid groups (broad SMARTS) is 1. The van der Waals surface area contributed by atoms with Crippen LogP contribution in [0.3, 0.4) is 0 Å². The lowest BCUT2D eigenvalue weighted by Gasteiger charge is -2.36. The van der Waals surface area contributed by atoms with Crippen LogP contribution >= 0.6 is 0 Å². The highest BCUT2D eigenvalue weighted by molar-refractivity contribution is 5.96. The minimum Gasteiger partial charge on any atom is -0.478 e. The fourth-order valence-electron chi connectivity index (χ4n) is 4.30. The van der Waals surface area contributed by atoms with Gasteiger partial charge in [0.25, 0.3) is 5.91 Å². The van der Waals surface area contributed by atoms with E-state index in [4.69, 9.17) is 14.2 Å². The fourth-order valence-corrected chi connectivity index (χ4v) is 4.30. The molecule has 0 bridgehead atoms. The lowest BCUT2D eigenvalue weighted by atomic mass is 10.1. The van der Waals surface area contributed by atoms with Crippen LogP contribution in [0.4, 0.5) is 4.79 Å². The summed E-state index contributed by atoms with van der Waals surface area (Å²) in [6.07, 6.45) is -0.657. The summed E-state index contributed by atoms with van der Waals surface area (Å²) in [5, 5.41) is 16.6. The molecule has 0 aliphatic carbocycles. The van der Waals surface area contributed by atoms with Crippen LogP contribution in [0.2, 0.25) is 0 Å². The molecule has 1 fully saturated rings. The lowest BCUT2D eigenvalue weighted by molar-refractivity contribution is -0.155. The second-order valence-electron chi connectivity index (χ2n) is 11.7. The Hall–Kier alpha value is -4.62. The monoisotopic (exact) mass is 615 g/mol. The second kappa shape index (κ2) is 14.2. The quantitative estimate of drug-likeness (QED) is 0.358. The maximum absolute atomic E-state index is 13.6. The van der Waals surface area contributed by atoms with Gasteiger partial charge >= 0.3 is 18.0 Å². The molecule has 3 amide bonds. The van der Waals surface area contributed by atoms with Crippen molar-refractivity contribution < 1.29 is 43.3 Å². The number of hydrogen-bond donors (Lipinski definition) is 2. The van der Waals surface area contributed by atoms with Crippen molar-refractivity contribution in [3.05, 3.63) is 42.1 Å². The van der Waals surface area contributed by atoms with Crippen LogP contribution in [0.5, 0.6) is 5.88 Å². The molecular weight excluding hydrogens is 574 g/mol. The van der Waals surface area contributed by atoms with Gasteiger partial charge < -0.3 is 34.4 Å². The van der Waals surface area contributed by atoms with Gasteiger partial charge in [-0.2, -0.15) is 5.10 Å². The van der Waals surface area contributed by atoms with Crippen molar-refractivity contribution in [2.75, 3.05) is 32.8 Å². The van der Waals surface area contributed by atoms with E-state index in [-0.39, 0.29) is 57.2 Å². The first kappa shape index (κ1) is 33.9. The number of rotatable bonds is 11. The summed E-state index contributed by atoms with van der Waals surface area (Å²) in [4.78, 5) is 66.5. The molecule has 1 aromatic heterocycles. The Balaban J connectivity index is 1.85. The summed E-state index contributed by atoms with van der Waals surface area (Å²) in [6.45, 7) is 10.8. The number of para-hydroxylation sites is 1. The molecule has 14 nitrogen and oxygen atoms in total. The number of aliphatic carboxylic acids is 1. The molecule has 1 aliphatic rings. The zero-order valence-corrected chi connectivity index (χ0v) is 26.0. The van der Waals surface area contributed by atoms with Crippen LogP contribution in [-0.2, 0) is 23.9 Å². The molecule has 2 N–H and O–H groups in total. The molecule has 1 aliphatic heterocycles. The number of ether oxygens (including phenoxy) is 3. The number of benzene rings is 1. The number of nitrogens with one attached hydrogen (secondary N) is 1. The molecule has 2 aromatic rings. The van der Waals surface area contributed by atoms with Crippen LogP contribution in [0.1, 0.15) is 64.9 Å². The Kier molecular flexibility index (Phi) is 11.0. The molecule has 240 valence electrons. The normalized spacial score (nSPS) is 14.4. The number of carbonyl (C=O) groups is 5. The van der Waals surface area contributed by atoms with Gasteiger partial charge in [0.15, 0.2) is 5.69 Å². The zero-order chi connectivity index (χ0) is 32.7. The molecule has 0 saturated carbocycles. The number of amides is 3. The van der Waals surface area contributed by atoms with Gasteiger partial charge in [-0.1, -0.05) is 18.2 Å². The summed E-state index contributed by atoms with van der Waals surface area (Å²) < 4.78 is 17.5. The Morgan fingerprint density at radius 2 is 1.59 bits per heavy atom. The molecule has 1 saturated heterocycles. The number of esters is 1. The van der Waals surface area contributed by atoms with Crippen molar-refractivity contribution in [3.63, 3.8) is 0 Å². The van der Waals surface area contributed by atoms with Gasteiger partial charge in [-0.3, -0.25) is 14.4 Å². The third-order valence-corrected chi connectivity index (χ3v) is 6.56. The van der Waals surface area contributed by atoms with Crippen LogP contribution < -0.4 is 10.1 Å². The Labute approximate surface area is 256 Å². The maximum atomic E-state index is 13.6. The Morgan fingerprint density at radius 3 is 2.16 bits per heavy atom. The minimum atomic E-state index is -1.64. The van der Waals surface area contributed by atoms with E-state index in [9.17, 15) is 29.1 Å². The first-order chi connectivity index (χ1) is 20.6. The van der Waals surface area contributed by atoms with Gasteiger partial charge in [0, 0.05) is 38.7 Å². The SMILES string of the molecule is CCOC(=O)N1CCN(C(=O)[C@H](CCC(=O)OC(C)(C)C)NC(=O)c2cc(OC(C)(C)C(=O)O)n(-c3ccccc3)n2)CC1. The molecule has 14 heteroatoms. The Morgan fingerprint density at radius 1 is 0.977 bits per heavy atom. The van der Waals surface area contributed by atoms with Crippen molar-refractivity contribution in [3.8, 4) is 11.6 Å². The molecule has 0 radical (unpaired) electrons. The summed E-state index contributed by atoms with van der Waals surface area (Å²) in [6, 6.07) is 8.87. The topological polar surface area (TPSA) is 170 Å². The standard InChI is InChI=1S/C30H41N5O9/c1-7-42-28(41)34-17-15-33(16-18-34)26(38)21(13-14-24(36)44-29(2,3)4)31-25(37)22-19-23(43-30(5,6)27(39)40)35(32-22)20-11-9-8-10-12-20/h8-12,19,21H,7,13-18H2,1-6H3,(H,31,37)(H,39,40)/t21-/m0/s1. The number of carbonyl (C=O) groups excluding carboxylic acids is 4. The van der Waals surface area contributed by atoms with Crippen molar-refractivity contribution in [1.29, 1.82) is 0 Å². The molecule has 0 spiro atoms. The van der Waals surface area contributed by atoms with Crippen molar-refractivity contribution in [2.24, 2.45) is 0 Å². The van der Waals surface area contributed by atoms with Gasteiger partial charge in [-0.05, 0) is 60.1 Å². The van der Waals surface area contributed by atoms with Crippen LogP contribution in [0.15, 0.2) is 36.4 Å². The number of aromatic nitrogens is 2. The predicted molar refractivity (Wildman–Crippen MR) is 157 cm³/mol. The average Bonchev–Trinajstić information content (AvgIpc) is 3.37. The van der Waals surface area contributed by atoms with Crippen LogP contribution in [-0.4, -0.2) is 105 Å².